The molecule has 0 aliphatic carbocycles. The van der Waals surface area contributed by atoms with Crippen molar-refractivity contribution < 1.29 is 13.2 Å². The fourth-order valence-electron chi connectivity index (χ4n) is 1.80. The Labute approximate surface area is 133 Å². The lowest BCUT2D eigenvalue weighted by Crippen LogP contribution is -2.14. The highest BCUT2D eigenvalue weighted by Crippen LogP contribution is 2.29. The molecule has 0 heterocycles. The van der Waals surface area contributed by atoms with Gasteiger partial charge in [0, 0.05) is 10.2 Å². The largest absolute Gasteiger partial charge is 0.492 e. The van der Waals surface area contributed by atoms with E-state index >= 15 is 0 Å². The Morgan fingerprint density at radius 2 is 1.81 bits per heavy atom. The average molecular weight is 370 g/mol. The molecule has 2 aromatic carbocycles. The van der Waals surface area contributed by atoms with Crippen molar-refractivity contribution >= 4 is 31.6 Å². The normalized spacial score (nSPS) is 11.2. The number of sulfonamides is 1. The maximum Gasteiger partial charge on any atom is 0.265 e. The van der Waals surface area contributed by atoms with E-state index in [1.807, 2.05) is 26.0 Å². The van der Waals surface area contributed by atoms with Gasteiger partial charge < -0.3 is 4.74 Å². The third-order valence-electron chi connectivity index (χ3n) is 2.80. The van der Waals surface area contributed by atoms with E-state index in [-0.39, 0.29) is 4.90 Å². The number of ether oxygens (including phenoxy) is 1. The van der Waals surface area contributed by atoms with Crippen LogP contribution in [0.1, 0.15) is 12.5 Å². The summed E-state index contributed by atoms with van der Waals surface area (Å²) in [5, 5.41) is 0. The third kappa shape index (κ3) is 3.98. The number of anilines is 1. The lowest BCUT2D eigenvalue weighted by atomic mass is 10.2. The molecule has 4 nitrogen and oxygen atoms in total. The van der Waals surface area contributed by atoms with E-state index in [0.29, 0.717) is 22.5 Å². The molecule has 0 aliphatic rings. The molecular formula is C15H16BrNO3S. The number of nitrogens with one attached hydrogen (secondary N) is 1. The number of rotatable bonds is 5. The summed E-state index contributed by atoms with van der Waals surface area (Å²) in [5.41, 5.74) is 1.58. The van der Waals surface area contributed by atoms with E-state index < -0.39 is 10.0 Å². The molecule has 6 heteroatoms. The van der Waals surface area contributed by atoms with Gasteiger partial charge in [0.2, 0.25) is 0 Å². The zero-order chi connectivity index (χ0) is 15.5. The summed E-state index contributed by atoms with van der Waals surface area (Å²) in [5.74, 6) is 0.334. The molecule has 0 bridgehead atoms. The summed E-state index contributed by atoms with van der Waals surface area (Å²) in [6, 6.07) is 12.1. The van der Waals surface area contributed by atoms with E-state index in [2.05, 4.69) is 20.7 Å². The predicted molar refractivity (Wildman–Crippen MR) is 87.3 cm³/mol. The fraction of sp³-hybridized carbons (Fsp3) is 0.200. The van der Waals surface area contributed by atoms with Crippen LogP contribution in [0.5, 0.6) is 5.75 Å². The second-order valence-corrected chi connectivity index (χ2v) is 7.06. The van der Waals surface area contributed by atoms with Crippen molar-refractivity contribution in [2.75, 3.05) is 11.3 Å². The molecule has 21 heavy (non-hydrogen) atoms. The summed E-state index contributed by atoms with van der Waals surface area (Å²) >= 11 is 3.29. The number of halogens is 1. The zero-order valence-corrected chi connectivity index (χ0v) is 14.2. The van der Waals surface area contributed by atoms with Crippen molar-refractivity contribution in [2.45, 2.75) is 18.7 Å². The molecule has 0 unspecified atom stereocenters. The van der Waals surface area contributed by atoms with Gasteiger partial charge in [0.05, 0.1) is 6.61 Å². The van der Waals surface area contributed by atoms with Crippen LogP contribution >= 0.6 is 15.9 Å². The minimum Gasteiger partial charge on any atom is -0.492 e. The van der Waals surface area contributed by atoms with Gasteiger partial charge in [-0.2, -0.15) is 0 Å². The van der Waals surface area contributed by atoms with Gasteiger partial charge in [-0.1, -0.05) is 33.6 Å². The highest BCUT2D eigenvalue weighted by atomic mass is 79.9. The van der Waals surface area contributed by atoms with Crippen molar-refractivity contribution in [1.29, 1.82) is 0 Å². The second-order valence-electron chi connectivity index (χ2n) is 4.50. The Morgan fingerprint density at radius 1 is 1.14 bits per heavy atom. The number of hydrogen-bond acceptors (Lipinski definition) is 3. The van der Waals surface area contributed by atoms with Gasteiger partial charge in [-0.15, -0.1) is 0 Å². The monoisotopic (exact) mass is 369 g/mol. The summed E-state index contributed by atoms with van der Waals surface area (Å²) < 4.78 is 33.7. The number of hydrogen-bond donors (Lipinski definition) is 1. The summed E-state index contributed by atoms with van der Waals surface area (Å²) in [6.07, 6.45) is 0. The fourth-order valence-corrected chi connectivity index (χ4v) is 3.54. The Kier molecular flexibility index (Phi) is 4.90. The molecule has 0 spiro atoms. The third-order valence-corrected chi connectivity index (χ3v) is 4.69. The van der Waals surface area contributed by atoms with Crippen molar-refractivity contribution in [2.24, 2.45) is 0 Å². The molecule has 0 saturated carbocycles. The Balaban J connectivity index is 2.39. The van der Waals surface area contributed by atoms with Crippen LogP contribution in [0.15, 0.2) is 51.8 Å². The van der Waals surface area contributed by atoms with Gasteiger partial charge in [0.1, 0.15) is 10.6 Å². The molecule has 1 N–H and O–H groups in total. The minimum absolute atomic E-state index is 0.110. The maximum atomic E-state index is 12.5. The first-order valence-corrected chi connectivity index (χ1v) is 8.72. The average Bonchev–Trinajstić information content (AvgIpc) is 2.43. The van der Waals surface area contributed by atoms with Gasteiger partial charge in [0.15, 0.2) is 0 Å². The van der Waals surface area contributed by atoms with Crippen LogP contribution in [-0.2, 0) is 10.0 Å². The topological polar surface area (TPSA) is 55.4 Å². The Hall–Kier alpha value is -1.53. The van der Waals surface area contributed by atoms with Crippen molar-refractivity contribution in [1.82, 2.24) is 0 Å². The number of benzene rings is 2. The highest BCUT2D eigenvalue weighted by Gasteiger charge is 2.20. The van der Waals surface area contributed by atoms with Gasteiger partial charge in [-0.25, -0.2) is 8.42 Å². The SMILES string of the molecule is CCOc1ccc(Br)cc1S(=O)(=O)Nc1ccc(C)cc1. The summed E-state index contributed by atoms with van der Waals surface area (Å²) in [4.78, 5) is 0.110. The van der Waals surface area contributed by atoms with E-state index in [4.69, 9.17) is 4.74 Å². The second kappa shape index (κ2) is 6.49. The highest BCUT2D eigenvalue weighted by molar-refractivity contribution is 9.10. The molecule has 0 fully saturated rings. The van der Waals surface area contributed by atoms with Crippen LogP contribution in [0.3, 0.4) is 0 Å². The van der Waals surface area contributed by atoms with Crippen LogP contribution in [-0.4, -0.2) is 15.0 Å². The van der Waals surface area contributed by atoms with E-state index in [1.54, 1.807) is 24.3 Å². The van der Waals surface area contributed by atoms with Crippen molar-refractivity contribution in [3.63, 3.8) is 0 Å². The molecule has 0 aliphatic heterocycles. The lowest BCUT2D eigenvalue weighted by molar-refractivity contribution is 0.331. The van der Waals surface area contributed by atoms with E-state index in [9.17, 15) is 8.42 Å². The molecular weight excluding hydrogens is 354 g/mol. The molecule has 2 rings (SSSR count). The quantitative estimate of drug-likeness (QED) is 0.867. The lowest BCUT2D eigenvalue weighted by Gasteiger charge is -2.13. The standard InChI is InChI=1S/C15H16BrNO3S/c1-3-20-14-9-6-12(16)10-15(14)21(18,19)17-13-7-4-11(2)5-8-13/h4-10,17H,3H2,1-2H3. The first-order valence-electron chi connectivity index (χ1n) is 6.44. The van der Waals surface area contributed by atoms with Crippen molar-refractivity contribution in [3.8, 4) is 5.75 Å². The van der Waals surface area contributed by atoms with Crippen LogP contribution in [0.25, 0.3) is 0 Å². The van der Waals surface area contributed by atoms with Crippen LogP contribution in [0.2, 0.25) is 0 Å². The minimum atomic E-state index is -3.71. The zero-order valence-electron chi connectivity index (χ0n) is 11.8. The number of aryl methyl sites for hydroxylation is 1. The first kappa shape index (κ1) is 15.9. The van der Waals surface area contributed by atoms with Crippen LogP contribution in [0, 0.1) is 6.92 Å². The smallest absolute Gasteiger partial charge is 0.265 e. The van der Waals surface area contributed by atoms with Crippen molar-refractivity contribution in [3.05, 3.63) is 52.5 Å². The van der Waals surface area contributed by atoms with E-state index in [0.717, 1.165) is 5.56 Å². The van der Waals surface area contributed by atoms with Gasteiger partial charge in [0.25, 0.3) is 10.0 Å². The van der Waals surface area contributed by atoms with Crippen LogP contribution in [0.4, 0.5) is 5.69 Å². The van der Waals surface area contributed by atoms with Gasteiger partial charge in [-0.05, 0) is 44.2 Å². The molecule has 112 valence electrons. The first-order chi connectivity index (χ1) is 9.92. The molecule has 0 aromatic heterocycles. The molecule has 0 atom stereocenters. The van der Waals surface area contributed by atoms with Gasteiger partial charge >= 0.3 is 0 Å². The Morgan fingerprint density at radius 3 is 2.43 bits per heavy atom. The molecule has 0 saturated heterocycles. The molecule has 0 amide bonds. The predicted octanol–water partition coefficient (Wildman–Crippen LogP) is 3.96. The molecule has 2 aromatic rings. The summed E-state index contributed by atoms with van der Waals surface area (Å²) in [6.45, 7) is 4.15. The van der Waals surface area contributed by atoms with Gasteiger partial charge in [-0.3, -0.25) is 4.72 Å². The Bertz CT molecular complexity index is 727. The summed E-state index contributed by atoms with van der Waals surface area (Å²) in [7, 11) is -3.71. The molecule has 0 radical (unpaired) electrons. The maximum absolute atomic E-state index is 12.5. The van der Waals surface area contributed by atoms with E-state index in [1.165, 1.54) is 6.07 Å². The van der Waals surface area contributed by atoms with Crippen LogP contribution < -0.4 is 9.46 Å².